The van der Waals surface area contributed by atoms with Gasteiger partial charge in [0.25, 0.3) is 0 Å². The van der Waals surface area contributed by atoms with Gasteiger partial charge in [0.15, 0.2) is 5.58 Å². The van der Waals surface area contributed by atoms with Gasteiger partial charge in [0.2, 0.25) is 0 Å². The molecule has 0 aliphatic carbocycles. The first-order valence-corrected chi connectivity index (χ1v) is 4.43. The van der Waals surface area contributed by atoms with Gasteiger partial charge < -0.3 is 15.0 Å². The third-order valence-corrected chi connectivity index (χ3v) is 2.17. The molecule has 0 fully saturated rings. The van der Waals surface area contributed by atoms with Crippen molar-refractivity contribution in [1.29, 1.82) is 0 Å². The van der Waals surface area contributed by atoms with Crippen molar-refractivity contribution < 1.29 is 14.1 Å². The molecule has 0 bridgehead atoms. The fraction of sp³-hybridized carbons (Fsp3) is 0.200. The molecule has 0 aliphatic rings. The summed E-state index contributed by atoms with van der Waals surface area (Å²) < 4.78 is 9.70. The molecule has 2 N–H and O–H groups in total. The average molecular weight is 206 g/mol. The van der Waals surface area contributed by atoms with Crippen LogP contribution in [0.15, 0.2) is 22.7 Å². The van der Waals surface area contributed by atoms with E-state index in [1.54, 1.807) is 18.2 Å². The van der Waals surface area contributed by atoms with Crippen molar-refractivity contribution in [3.8, 4) is 0 Å². The molecule has 78 valence electrons. The Balaban J connectivity index is 2.72. The van der Waals surface area contributed by atoms with Crippen LogP contribution in [0.1, 0.15) is 16.1 Å². The van der Waals surface area contributed by atoms with Crippen molar-refractivity contribution in [3.05, 3.63) is 29.5 Å². The van der Waals surface area contributed by atoms with E-state index in [0.29, 0.717) is 22.2 Å². The van der Waals surface area contributed by atoms with E-state index in [4.69, 9.17) is 10.3 Å². The van der Waals surface area contributed by atoms with Gasteiger partial charge >= 0.3 is 5.97 Å². The maximum absolute atomic E-state index is 11.5. The first-order valence-electron chi connectivity index (χ1n) is 4.43. The molecular formula is C10H10N2O3. The van der Waals surface area contributed by atoms with Crippen molar-refractivity contribution in [3.63, 3.8) is 0 Å². The lowest BCUT2D eigenvalue weighted by atomic mass is 10.1. The maximum Gasteiger partial charge on any atom is 0.338 e. The Hall–Kier alpha value is -1.88. The number of ether oxygens (including phenoxy) is 1. The summed E-state index contributed by atoms with van der Waals surface area (Å²) in [5, 5.41) is 4.41. The van der Waals surface area contributed by atoms with Gasteiger partial charge in [0.1, 0.15) is 5.69 Å². The Morgan fingerprint density at radius 1 is 1.60 bits per heavy atom. The summed E-state index contributed by atoms with van der Waals surface area (Å²) in [7, 11) is 1.33. The summed E-state index contributed by atoms with van der Waals surface area (Å²) >= 11 is 0. The van der Waals surface area contributed by atoms with Crippen molar-refractivity contribution in [2.24, 2.45) is 5.73 Å². The number of benzene rings is 1. The molecule has 1 heterocycles. The van der Waals surface area contributed by atoms with E-state index in [2.05, 4.69) is 9.89 Å². The van der Waals surface area contributed by atoms with E-state index in [-0.39, 0.29) is 6.54 Å². The number of nitrogens with zero attached hydrogens (tertiary/aromatic N) is 1. The smallest absolute Gasteiger partial charge is 0.338 e. The minimum Gasteiger partial charge on any atom is -0.465 e. The predicted octanol–water partition coefficient (Wildman–Crippen LogP) is 1.07. The van der Waals surface area contributed by atoms with Gasteiger partial charge in [0.05, 0.1) is 18.1 Å². The van der Waals surface area contributed by atoms with E-state index >= 15 is 0 Å². The van der Waals surface area contributed by atoms with E-state index in [1.807, 2.05) is 0 Å². The molecule has 5 nitrogen and oxygen atoms in total. The van der Waals surface area contributed by atoms with Crippen molar-refractivity contribution in [1.82, 2.24) is 5.16 Å². The minimum absolute atomic E-state index is 0.223. The summed E-state index contributed by atoms with van der Waals surface area (Å²) in [6, 6.07) is 5.10. The first kappa shape index (κ1) is 9.67. The molecule has 5 heteroatoms. The van der Waals surface area contributed by atoms with Crippen LogP contribution in [-0.4, -0.2) is 18.2 Å². The zero-order valence-corrected chi connectivity index (χ0v) is 8.19. The molecule has 0 saturated heterocycles. The van der Waals surface area contributed by atoms with Gasteiger partial charge in [0, 0.05) is 6.54 Å². The number of hydrogen-bond acceptors (Lipinski definition) is 5. The Bertz CT molecular complexity index is 504. The molecule has 0 amide bonds. The second kappa shape index (κ2) is 3.70. The van der Waals surface area contributed by atoms with Crippen molar-refractivity contribution in [2.75, 3.05) is 7.11 Å². The molecule has 1 aromatic carbocycles. The summed E-state index contributed by atoms with van der Waals surface area (Å²) in [4.78, 5) is 11.5. The van der Waals surface area contributed by atoms with Gasteiger partial charge in [-0.15, -0.1) is 0 Å². The number of aromatic nitrogens is 1. The Morgan fingerprint density at radius 2 is 2.40 bits per heavy atom. The summed E-state index contributed by atoms with van der Waals surface area (Å²) in [5.74, 6) is -0.418. The summed E-state index contributed by atoms with van der Waals surface area (Å²) in [5.41, 5.74) is 7.02. The van der Waals surface area contributed by atoms with Crippen LogP contribution >= 0.6 is 0 Å². The van der Waals surface area contributed by atoms with E-state index in [1.165, 1.54) is 7.11 Å². The Morgan fingerprint density at radius 3 is 3.07 bits per heavy atom. The lowest BCUT2D eigenvalue weighted by Crippen LogP contribution is -2.04. The number of nitrogens with two attached hydrogens (primary N) is 1. The molecule has 0 atom stereocenters. The van der Waals surface area contributed by atoms with E-state index in [0.717, 1.165) is 0 Å². The number of carbonyl (C=O) groups excluding carboxylic acids is 1. The van der Waals surface area contributed by atoms with Crippen LogP contribution in [0.4, 0.5) is 0 Å². The zero-order valence-electron chi connectivity index (χ0n) is 8.19. The highest BCUT2D eigenvalue weighted by Gasteiger charge is 2.16. The first-order chi connectivity index (χ1) is 7.27. The fourth-order valence-corrected chi connectivity index (χ4v) is 1.47. The maximum atomic E-state index is 11.5. The molecule has 0 spiro atoms. The molecular weight excluding hydrogens is 196 g/mol. The molecule has 0 aliphatic heterocycles. The van der Waals surface area contributed by atoms with Crippen LogP contribution in [-0.2, 0) is 11.3 Å². The highest BCUT2D eigenvalue weighted by atomic mass is 16.5. The molecule has 0 unspecified atom stereocenters. The van der Waals surface area contributed by atoms with Crippen LogP contribution in [0.5, 0.6) is 0 Å². The highest BCUT2D eigenvalue weighted by molar-refractivity contribution is 6.03. The number of hydrogen-bond donors (Lipinski definition) is 1. The lowest BCUT2D eigenvalue weighted by Gasteiger charge is -2.00. The molecule has 0 saturated carbocycles. The lowest BCUT2D eigenvalue weighted by molar-refractivity contribution is 0.0603. The van der Waals surface area contributed by atoms with E-state index in [9.17, 15) is 4.79 Å². The number of carbonyl (C=O) groups is 1. The fourth-order valence-electron chi connectivity index (χ4n) is 1.47. The number of rotatable bonds is 2. The van der Waals surface area contributed by atoms with Crippen LogP contribution < -0.4 is 5.73 Å². The zero-order chi connectivity index (χ0) is 10.8. The normalized spacial score (nSPS) is 10.5. The molecule has 1 aromatic heterocycles. The van der Waals surface area contributed by atoms with Gasteiger partial charge in [-0.2, -0.15) is 0 Å². The van der Waals surface area contributed by atoms with Gasteiger partial charge in [-0.05, 0) is 12.1 Å². The van der Waals surface area contributed by atoms with E-state index < -0.39 is 5.97 Å². The minimum atomic E-state index is -0.418. The van der Waals surface area contributed by atoms with Gasteiger partial charge in [-0.1, -0.05) is 11.2 Å². The Labute approximate surface area is 85.8 Å². The second-order valence-corrected chi connectivity index (χ2v) is 3.00. The third kappa shape index (κ3) is 1.46. The van der Waals surface area contributed by atoms with Crippen LogP contribution in [0.2, 0.25) is 0 Å². The molecule has 0 radical (unpaired) electrons. The van der Waals surface area contributed by atoms with Gasteiger partial charge in [-0.3, -0.25) is 0 Å². The summed E-state index contributed by atoms with van der Waals surface area (Å²) in [6.07, 6.45) is 0. The van der Waals surface area contributed by atoms with Crippen LogP contribution in [0.25, 0.3) is 11.0 Å². The summed E-state index contributed by atoms with van der Waals surface area (Å²) in [6.45, 7) is 0.223. The predicted molar refractivity (Wildman–Crippen MR) is 53.2 cm³/mol. The Kier molecular flexibility index (Phi) is 2.39. The third-order valence-electron chi connectivity index (χ3n) is 2.17. The largest absolute Gasteiger partial charge is 0.465 e. The van der Waals surface area contributed by atoms with Crippen molar-refractivity contribution >= 4 is 16.9 Å². The molecule has 2 rings (SSSR count). The number of fused-ring (bicyclic) bond motifs is 1. The molecule has 2 aromatic rings. The number of esters is 1. The SMILES string of the molecule is COC(=O)c1cccc2onc(CN)c12. The molecule has 15 heavy (non-hydrogen) atoms. The van der Waals surface area contributed by atoms with Crippen molar-refractivity contribution in [2.45, 2.75) is 6.54 Å². The average Bonchev–Trinajstić information content (AvgIpc) is 2.70. The van der Waals surface area contributed by atoms with Gasteiger partial charge in [-0.25, -0.2) is 4.79 Å². The van der Waals surface area contributed by atoms with Crippen LogP contribution in [0.3, 0.4) is 0 Å². The monoisotopic (exact) mass is 206 g/mol. The number of methoxy groups -OCH3 is 1. The second-order valence-electron chi connectivity index (χ2n) is 3.00. The quantitative estimate of drug-likeness (QED) is 0.743. The van der Waals surface area contributed by atoms with Crippen LogP contribution in [0, 0.1) is 0 Å². The highest BCUT2D eigenvalue weighted by Crippen LogP contribution is 2.22. The topological polar surface area (TPSA) is 78.3 Å². The standard InChI is InChI=1S/C10H10N2O3/c1-14-10(13)6-3-2-4-8-9(6)7(5-11)12-15-8/h2-4H,5,11H2,1H3.